The standard InChI is InChI=1S/C9H11ClN2O/c1-13-9-8(11)5-4-7(12-9)3-2-6-10/h2-5H,6,11H2,1H3. The van der Waals surface area contributed by atoms with Gasteiger partial charge in [-0.05, 0) is 18.2 Å². The van der Waals surface area contributed by atoms with Crippen molar-refractivity contribution in [2.45, 2.75) is 0 Å². The molecule has 0 bridgehead atoms. The van der Waals surface area contributed by atoms with Crippen LogP contribution in [-0.4, -0.2) is 18.0 Å². The Bertz CT molecular complexity index is 312. The molecule has 0 saturated carbocycles. The van der Waals surface area contributed by atoms with Gasteiger partial charge in [-0.3, -0.25) is 0 Å². The molecular weight excluding hydrogens is 188 g/mol. The van der Waals surface area contributed by atoms with Crippen molar-refractivity contribution < 1.29 is 4.74 Å². The zero-order chi connectivity index (χ0) is 9.68. The van der Waals surface area contributed by atoms with Gasteiger partial charge < -0.3 is 10.5 Å². The van der Waals surface area contributed by atoms with Crippen LogP contribution < -0.4 is 10.5 Å². The second-order valence-electron chi connectivity index (χ2n) is 2.39. The van der Waals surface area contributed by atoms with Crippen molar-refractivity contribution in [1.29, 1.82) is 0 Å². The zero-order valence-corrected chi connectivity index (χ0v) is 8.08. The van der Waals surface area contributed by atoms with Gasteiger partial charge in [0.05, 0.1) is 18.5 Å². The monoisotopic (exact) mass is 198 g/mol. The minimum Gasteiger partial charge on any atom is -0.480 e. The molecule has 0 amide bonds. The van der Waals surface area contributed by atoms with Gasteiger partial charge >= 0.3 is 0 Å². The number of allylic oxidation sites excluding steroid dienone is 1. The molecule has 0 radical (unpaired) electrons. The van der Waals surface area contributed by atoms with Gasteiger partial charge in [0.1, 0.15) is 0 Å². The third kappa shape index (κ3) is 2.63. The second kappa shape index (κ2) is 4.72. The predicted molar refractivity (Wildman–Crippen MR) is 55.0 cm³/mol. The first-order valence-electron chi connectivity index (χ1n) is 3.81. The van der Waals surface area contributed by atoms with Crippen LogP contribution in [0.15, 0.2) is 18.2 Å². The molecule has 0 aromatic carbocycles. The van der Waals surface area contributed by atoms with Crippen LogP contribution in [0.3, 0.4) is 0 Å². The summed E-state index contributed by atoms with van der Waals surface area (Å²) in [7, 11) is 1.54. The Morgan fingerprint density at radius 2 is 2.38 bits per heavy atom. The molecular formula is C9H11ClN2O. The fourth-order valence-electron chi connectivity index (χ4n) is 0.887. The molecule has 1 aromatic heterocycles. The fourth-order valence-corrected chi connectivity index (χ4v) is 0.976. The van der Waals surface area contributed by atoms with Gasteiger partial charge in [-0.25, -0.2) is 4.98 Å². The summed E-state index contributed by atoms with van der Waals surface area (Å²) in [5.41, 5.74) is 6.91. The fraction of sp³-hybridized carbons (Fsp3) is 0.222. The average molecular weight is 199 g/mol. The van der Waals surface area contributed by atoms with E-state index in [-0.39, 0.29) is 0 Å². The Morgan fingerprint density at radius 1 is 1.62 bits per heavy atom. The number of pyridine rings is 1. The summed E-state index contributed by atoms with van der Waals surface area (Å²) in [4.78, 5) is 4.14. The number of ether oxygens (including phenoxy) is 1. The maximum absolute atomic E-state index is 5.59. The van der Waals surface area contributed by atoms with Crippen molar-refractivity contribution in [2.24, 2.45) is 0 Å². The summed E-state index contributed by atoms with van der Waals surface area (Å²) >= 11 is 5.49. The van der Waals surface area contributed by atoms with E-state index in [0.717, 1.165) is 5.69 Å². The normalized spacial score (nSPS) is 10.6. The molecule has 0 atom stereocenters. The van der Waals surface area contributed by atoms with E-state index in [1.165, 1.54) is 7.11 Å². The van der Waals surface area contributed by atoms with Crippen molar-refractivity contribution in [3.63, 3.8) is 0 Å². The quantitative estimate of drug-likeness (QED) is 0.755. The lowest BCUT2D eigenvalue weighted by Crippen LogP contribution is -1.96. The van der Waals surface area contributed by atoms with E-state index in [1.54, 1.807) is 18.2 Å². The zero-order valence-electron chi connectivity index (χ0n) is 7.33. The molecule has 3 nitrogen and oxygen atoms in total. The molecule has 0 unspecified atom stereocenters. The van der Waals surface area contributed by atoms with Crippen molar-refractivity contribution in [3.8, 4) is 5.88 Å². The lowest BCUT2D eigenvalue weighted by molar-refractivity contribution is 0.400. The number of nitrogen functional groups attached to an aromatic ring is 1. The number of nitrogens with zero attached hydrogens (tertiary/aromatic N) is 1. The van der Waals surface area contributed by atoms with Gasteiger partial charge in [-0.2, -0.15) is 0 Å². The van der Waals surface area contributed by atoms with Gasteiger partial charge in [0.15, 0.2) is 0 Å². The third-order valence-electron chi connectivity index (χ3n) is 1.48. The highest BCUT2D eigenvalue weighted by molar-refractivity contribution is 6.19. The Kier molecular flexibility index (Phi) is 3.58. The molecule has 1 aromatic rings. The first-order chi connectivity index (χ1) is 6.27. The molecule has 70 valence electrons. The maximum atomic E-state index is 5.59. The van der Waals surface area contributed by atoms with E-state index in [2.05, 4.69) is 4.98 Å². The van der Waals surface area contributed by atoms with Crippen LogP contribution >= 0.6 is 11.6 Å². The smallest absolute Gasteiger partial charge is 0.237 e. The number of alkyl halides is 1. The van der Waals surface area contributed by atoms with E-state index in [1.807, 2.05) is 6.08 Å². The minimum absolute atomic E-state index is 0.441. The molecule has 0 aliphatic rings. The number of hydrogen-bond donors (Lipinski definition) is 1. The first-order valence-corrected chi connectivity index (χ1v) is 4.34. The minimum atomic E-state index is 0.441. The molecule has 1 heterocycles. The second-order valence-corrected chi connectivity index (χ2v) is 2.70. The number of nitrogens with two attached hydrogens (primary N) is 1. The topological polar surface area (TPSA) is 48.1 Å². The van der Waals surface area contributed by atoms with E-state index in [9.17, 15) is 0 Å². The molecule has 13 heavy (non-hydrogen) atoms. The van der Waals surface area contributed by atoms with Crippen LogP contribution in [0.4, 0.5) is 5.69 Å². The highest BCUT2D eigenvalue weighted by Gasteiger charge is 1.99. The SMILES string of the molecule is COc1nc(C=CCCl)ccc1N. The summed E-state index contributed by atoms with van der Waals surface area (Å²) in [6, 6.07) is 3.56. The Morgan fingerprint density at radius 3 is 3.00 bits per heavy atom. The first kappa shape index (κ1) is 9.86. The summed E-state index contributed by atoms with van der Waals surface area (Å²) < 4.78 is 4.96. The summed E-state index contributed by atoms with van der Waals surface area (Å²) in [5.74, 6) is 0.908. The van der Waals surface area contributed by atoms with Gasteiger partial charge in [-0.15, -0.1) is 11.6 Å². The largest absolute Gasteiger partial charge is 0.480 e. The van der Waals surface area contributed by atoms with Gasteiger partial charge in [0.2, 0.25) is 5.88 Å². The number of halogens is 1. The molecule has 2 N–H and O–H groups in total. The molecule has 0 saturated heterocycles. The summed E-state index contributed by atoms with van der Waals surface area (Å²) in [6.07, 6.45) is 3.62. The maximum Gasteiger partial charge on any atom is 0.237 e. The van der Waals surface area contributed by atoms with E-state index in [0.29, 0.717) is 17.4 Å². The van der Waals surface area contributed by atoms with Crippen LogP contribution in [-0.2, 0) is 0 Å². The van der Waals surface area contributed by atoms with E-state index >= 15 is 0 Å². The van der Waals surface area contributed by atoms with Crippen LogP contribution in [0.2, 0.25) is 0 Å². The molecule has 0 fully saturated rings. The van der Waals surface area contributed by atoms with E-state index < -0.39 is 0 Å². The van der Waals surface area contributed by atoms with Gasteiger partial charge in [-0.1, -0.05) is 6.08 Å². The Hall–Kier alpha value is -1.22. The summed E-state index contributed by atoms with van der Waals surface area (Å²) in [5, 5.41) is 0. The number of rotatable bonds is 3. The lowest BCUT2D eigenvalue weighted by atomic mass is 10.3. The van der Waals surface area contributed by atoms with Gasteiger partial charge in [0.25, 0.3) is 0 Å². The van der Waals surface area contributed by atoms with Crippen LogP contribution in [0.25, 0.3) is 6.08 Å². The molecule has 0 aliphatic carbocycles. The molecule has 4 heteroatoms. The molecule has 0 aliphatic heterocycles. The summed E-state index contributed by atoms with van der Waals surface area (Å²) in [6.45, 7) is 0. The van der Waals surface area contributed by atoms with Crippen LogP contribution in [0.1, 0.15) is 5.69 Å². The number of anilines is 1. The number of hydrogen-bond acceptors (Lipinski definition) is 3. The third-order valence-corrected chi connectivity index (χ3v) is 1.66. The van der Waals surface area contributed by atoms with E-state index in [4.69, 9.17) is 22.1 Å². The Labute approximate surface area is 82.2 Å². The van der Waals surface area contributed by atoms with Crippen molar-refractivity contribution in [2.75, 3.05) is 18.7 Å². The lowest BCUT2D eigenvalue weighted by Gasteiger charge is -2.02. The van der Waals surface area contributed by atoms with Gasteiger partial charge in [0, 0.05) is 5.88 Å². The number of aromatic nitrogens is 1. The van der Waals surface area contributed by atoms with Crippen LogP contribution in [0, 0.1) is 0 Å². The van der Waals surface area contributed by atoms with Crippen molar-refractivity contribution >= 4 is 23.4 Å². The molecule has 0 spiro atoms. The predicted octanol–water partition coefficient (Wildman–Crippen LogP) is 1.92. The molecule has 1 rings (SSSR count). The highest BCUT2D eigenvalue weighted by Crippen LogP contribution is 2.18. The highest BCUT2D eigenvalue weighted by atomic mass is 35.5. The van der Waals surface area contributed by atoms with Crippen molar-refractivity contribution in [1.82, 2.24) is 4.98 Å². The Balaban J connectivity index is 2.92. The number of methoxy groups -OCH3 is 1. The van der Waals surface area contributed by atoms with Crippen LogP contribution in [0.5, 0.6) is 5.88 Å². The van der Waals surface area contributed by atoms with Crippen molar-refractivity contribution in [3.05, 3.63) is 23.9 Å². The average Bonchev–Trinajstić information content (AvgIpc) is 2.16.